The zero-order chi connectivity index (χ0) is 24.9. The van der Waals surface area contributed by atoms with Crippen LogP contribution in [0.3, 0.4) is 0 Å². The van der Waals surface area contributed by atoms with E-state index in [1.54, 1.807) is 18.2 Å². The number of rotatable bonds is 4. The van der Waals surface area contributed by atoms with Gasteiger partial charge >= 0.3 is 5.97 Å². The van der Waals surface area contributed by atoms with Gasteiger partial charge in [-0.05, 0) is 42.0 Å². The number of carbonyl (C=O) groups is 2. The summed E-state index contributed by atoms with van der Waals surface area (Å²) in [6, 6.07) is 9.63. The van der Waals surface area contributed by atoms with Gasteiger partial charge in [0, 0.05) is 17.0 Å². The number of carbonyl (C=O) groups excluding carboxylic acids is 2. The molecule has 1 atom stereocenters. The highest BCUT2D eigenvalue weighted by Crippen LogP contribution is 2.49. The Kier molecular flexibility index (Phi) is 5.47. The molecule has 3 aromatic rings. The second-order valence-electron chi connectivity index (χ2n) is 7.91. The minimum Gasteiger partial charge on any atom is -0.493 e. The van der Waals surface area contributed by atoms with Crippen LogP contribution in [0.25, 0.3) is 6.08 Å². The number of hydrogen-bond acceptors (Lipinski definition) is 6. The first-order chi connectivity index (χ1) is 16.8. The quantitative estimate of drug-likeness (QED) is 0.221. The predicted molar refractivity (Wildman–Crippen MR) is 117 cm³/mol. The van der Waals surface area contributed by atoms with Gasteiger partial charge in [-0.3, -0.25) is 9.59 Å². The zero-order valence-corrected chi connectivity index (χ0v) is 18.5. The molecule has 0 spiro atoms. The van der Waals surface area contributed by atoms with E-state index in [0.29, 0.717) is 17.1 Å². The predicted octanol–water partition coefficient (Wildman–Crippen LogP) is 5.18. The van der Waals surface area contributed by atoms with Crippen molar-refractivity contribution in [2.45, 2.75) is 12.3 Å². The summed E-state index contributed by atoms with van der Waals surface area (Å²) in [6.07, 6.45) is 1.20. The van der Waals surface area contributed by atoms with Crippen LogP contribution in [0, 0.1) is 17.5 Å². The van der Waals surface area contributed by atoms with E-state index in [0.717, 1.165) is 12.1 Å². The Morgan fingerprint density at radius 3 is 2.40 bits per heavy atom. The van der Waals surface area contributed by atoms with Crippen LogP contribution in [0.4, 0.5) is 13.2 Å². The highest BCUT2D eigenvalue weighted by molar-refractivity contribution is 6.15. The molecule has 0 radical (unpaired) electrons. The van der Waals surface area contributed by atoms with Gasteiger partial charge in [0.05, 0.1) is 26.2 Å². The summed E-state index contributed by atoms with van der Waals surface area (Å²) in [6.45, 7) is 0. The molecule has 0 saturated carbocycles. The summed E-state index contributed by atoms with van der Waals surface area (Å²) in [4.78, 5) is 25.4. The third-order valence-electron chi connectivity index (χ3n) is 5.91. The van der Waals surface area contributed by atoms with Crippen LogP contribution in [0.2, 0.25) is 0 Å². The number of allylic oxidation sites excluding steroid dienone is 1. The number of benzene rings is 3. The third kappa shape index (κ3) is 3.69. The largest absolute Gasteiger partial charge is 0.493 e. The first-order valence-corrected chi connectivity index (χ1v) is 10.5. The van der Waals surface area contributed by atoms with Crippen molar-refractivity contribution in [2.24, 2.45) is 0 Å². The number of ether oxygens (including phenoxy) is 4. The van der Waals surface area contributed by atoms with Crippen molar-refractivity contribution >= 4 is 17.8 Å². The first-order valence-electron chi connectivity index (χ1n) is 10.5. The lowest BCUT2D eigenvalue weighted by molar-refractivity contribution is -0.135. The fourth-order valence-electron chi connectivity index (χ4n) is 4.33. The summed E-state index contributed by atoms with van der Waals surface area (Å²) in [7, 11) is 2.94. The normalized spacial score (nSPS) is 17.5. The molecule has 0 saturated heterocycles. The molecule has 3 aromatic carbocycles. The van der Waals surface area contributed by atoms with Gasteiger partial charge in [0.25, 0.3) is 0 Å². The maximum atomic E-state index is 14.0. The van der Waals surface area contributed by atoms with Crippen LogP contribution in [-0.2, 0) is 4.79 Å². The Balaban J connectivity index is 1.63. The maximum absolute atomic E-state index is 14.0. The van der Waals surface area contributed by atoms with Crippen molar-refractivity contribution in [3.8, 4) is 23.0 Å². The second kappa shape index (κ2) is 8.50. The number of fused-ring (bicyclic) bond motifs is 3. The Hall–Kier alpha value is -4.27. The van der Waals surface area contributed by atoms with Crippen LogP contribution in [-0.4, -0.2) is 26.0 Å². The van der Waals surface area contributed by atoms with E-state index in [2.05, 4.69) is 0 Å². The lowest BCUT2D eigenvalue weighted by Crippen LogP contribution is -2.22. The molecule has 35 heavy (non-hydrogen) atoms. The minimum atomic E-state index is -1.62. The van der Waals surface area contributed by atoms with Crippen molar-refractivity contribution in [3.05, 3.63) is 87.9 Å². The topological polar surface area (TPSA) is 71.1 Å². The molecule has 0 bridgehead atoms. The van der Waals surface area contributed by atoms with E-state index in [9.17, 15) is 22.8 Å². The summed E-state index contributed by atoms with van der Waals surface area (Å²) in [5, 5.41) is 0. The summed E-state index contributed by atoms with van der Waals surface area (Å²) >= 11 is 0. The SMILES string of the molecule is COc1cccc(/C=C2\Oc3c(ccc4c3[C@H](c3cc(F)c(F)c(F)c3)CC(=O)O4)C2=O)c1OC. The summed E-state index contributed by atoms with van der Waals surface area (Å²) in [5.74, 6) is -5.42. The van der Waals surface area contributed by atoms with E-state index < -0.39 is 35.1 Å². The maximum Gasteiger partial charge on any atom is 0.312 e. The number of esters is 1. The smallest absolute Gasteiger partial charge is 0.312 e. The molecule has 2 aliphatic heterocycles. The molecule has 0 fully saturated rings. The average molecular weight is 482 g/mol. The van der Waals surface area contributed by atoms with E-state index >= 15 is 0 Å². The van der Waals surface area contributed by atoms with Gasteiger partial charge in [-0.25, -0.2) is 13.2 Å². The molecule has 6 nitrogen and oxygen atoms in total. The zero-order valence-electron chi connectivity index (χ0n) is 18.5. The number of Topliss-reactive ketones (excluding diaryl/α,β-unsaturated/α-hetero) is 1. The van der Waals surface area contributed by atoms with Crippen LogP contribution in [0.1, 0.15) is 39.4 Å². The van der Waals surface area contributed by atoms with Crippen LogP contribution in [0.15, 0.2) is 48.2 Å². The van der Waals surface area contributed by atoms with Gasteiger partial charge in [0.1, 0.15) is 11.5 Å². The van der Waals surface area contributed by atoms with Gasteiger partial charge in [0.15, 0.2) is 34.7 Å². The van der Waals surface area contributed by atoms with Crippen molar-refractivity contribution in [1.29, 1.82) is 0 Å². The molecule has 2 heterocycles. The molecule has 0 aliphatic carbocycles. The molecule has 178 valence electrons. The first kappa shape index (κ1) is 22.5. The second-order valence-corrected chi connectivity index (χ2v) is 7.91. The van der Waals surface area contributed by atoms with E-state index in [4.69, 9.17) is 18.9 Å². The van der Waals surface area contributed by atoms with E-state index in [1.165, 1.54) is 32.4 Å². The lowest BCUT2D eigenvalue weighted by atomic mass is 9.84. The summed E-state index contributed by atoms with van der Waals surface area (Å²) in [5.41, 5.74) is 0.975. The molecule has 0 aromatic heterocycles. The van der Waals surface area contributed by atoms with Gasteiger partial charge in [-0.15, -0.1) is 0 Å². The van der Waals surface area contributed by atoms with Crippen LogP contribution < -0.4 is 18.9 Å². The van der Waals surface area contributed by atoms with E-state index in [1.807, 2.05) is 0 Å². The van der Waals surface area contributed by atoms with Crippen molar-refractivity contribution in [1.82, 2.24) is 0 Å². The van der Waals surface area contributed by atoms with Crippen LogP contribution >= 0.6 is 0 Å². The molecule has 0 amide bonds. The molecular weight excluding hydrogens is 465 g/mol. The fraction of sp³-hybridized carbons (Fsp3) is 0.154. The molecule has 0 unspecified atom stereocenters. The molecule has 0 N–H and O–H groups in total. The molecule has 2 aliphatic rings. The Morgan fingerprint density at radius 2 is 1.71 bits per heavy atom. The van der Waals surface area contributed by atoms with Crippen molar-refractivity contribution < 1.29 is 41.7 Å². The molecule has 9 heteroatoms. The van der Waals surface area contributed by atoms with Gasteiger partial charge in [0.2, 0.25) is 5.78 Å². The average Bonchev–Trinajstić information content (AvgIpc) is 3.16. The highest BCUT2D eigenvalue weighted by atomic mass is 19.2. The standard InChI is InChI=1S/C26H17F3O6/c1-32-19-5-3-4-12(25(19)33-2)10-20-24(31)14-6-7-18-22(26(14)35-20)15(11-21(30)34-18)13-8-16(27)23(29)17(28)9-13/h3-10,15H,11H2,1-2H3/b20-10-/t15-/m0/s1. The van der Waals surface area contributed by atoms with Gasteiger partial charge in [-0.1, -0.05) is 12.1 Å². The number of halogens is 3. The Labute approximate surface area is 197 Å². The number of para-hydroxylation sites is 1. The van der Waals surface area contributed by atoms with Gasteiger partial charge in [-0.2, -0.15) is 0 Å². The third-order valence-corrected chi connectivity index (χ3v) is 5.91. The Bertz CT molecular complexity index is 1410. The van der Waals surface area contributed by atoms with Crippen molar-refractivity contribution in [2.75, 3.05) is 14.2 Å². The fourth-order valence-corrected chi connectivity index (χ4v) is 4.33. The highest BCUT2D eigenvalue weighted by Gasteiger charge is 2.39. The number of methoxy groups -OCH3 is 2. The van der Waals surface area contributed by atoms with Gasteiger partial charge < -0.3 is 18.9 Å². The number of hydrogen-bond donors (Lipinski definition) is 0. The Morgan fingerprint density at radius 1 is 0.971 bits per heavy atom. The monoisotopic (exact) mass is 482 g/mol. The van der Waals surface area contributed by atoms with E-state index in [-0.39, 0.29) is 40.4 Å². The number of ketones is 1. The summed E-state index contributed by atoms with van der Waals surface area (Å²) < 4.78 is 63.5. The van der Waals surface area contributed by atoms with Crippen LogP contribution in [0.5, 0.6) is 23.0 Å². The molecular formula is C26H17F3O6. The molecule has 5 rings (SSSR count). The minimum absolute atomic E-state index is 0.00986. The lowest BCUT2D eigenvalue weighted by Gasteiger charge is -2.26. The van der Waals surface area contributed by atoms with Crippen molar-refractivity contribution in [3.63, 3.8) is 0 Å².